The van der Waals surface area contributed by atoms with Gasteiger partial charge < -0.3 is 4.74 Å². The summed E-state index contributed by atoms with van der Waals surface area (Å²) >= 11 is 3.39. The van der Waals surface area contributed by atoms with E-state index in [-0.39, 0.29) is 5.97 Å². The third-order valence-electron chi connectivity index (χ3n) is 2.00. The Kier molecular flexibility index (Phi) is 4.14. The monoisotopic (exact) mass is 284 g/mol. The highest BCUT2D eigenvalue weighted by Crippen LogP contribution is 2.19. The number of carbonyl (C=O) groups is 1. The number of carbonyl (C=O) groups excluding carboxylic acids is 1. The third kappa shape index (κ3) is 3.97. The van der Waals surface area contributed by atoms with Crippen molar-refractivity contribution in [1.82, 2.24) is 0 Å². The summed E-state index contributed by atoms with van der Waals surface area (Å²) in [5, 5.41) is 0. The van der Waals surface area contributed by atoms with Gasteiger partial charge in [0.2, 0.25) is 0 Å². The highest BCUT2D eigenvalue weighted by molar-refractivity contribution is 9.10. The Morgan fingerprint density at radius 3 is 2.44 bits per heavy atom. The van der Waals surface area contributed by atoms with Crippen molar-refractivity contribution >= 4 is 21.9 Å². The van der Waals surface area contributed by atoms with E-state index in [1.54, 1.807) is 6.07 Å². The molecule has 0 aliphatic heterocycles. The van der Waals surface area contributed by atoms with E-state index in [1.807, 2.05) is 32.9 Å². The average Bonchev–Trinajstić information content (AvgIpc) is 2.14. The molecule has 3 heteroatoms. The van der Waals surface area contributed by atoms with Gasteiger partial charge in [-0.05, 0) is 51.0 Å². The number of hydrogen-bond donors (Lipinski definition) is 0. The van der Waals surface area contributed by atoms with Gasteiger partial charge in [-0.1, -0.05) is 22.9 Å². The van der Waals surface area contributed by atoms with Crippen molar-refractivity contribution in [2.24, 2.45) is 0 Å². The summed E-state index contributed by atoms with van der Waals surface area (Å²) in [4.78, 5) is 11.8. The van der Waals surface area contributed by atoms with Crippen molar-refractivity contribution in [3.05, 3.63) is 33.8 Å². The molecule has 0 aromatic heterocycles. The molecule has 0 saturated carbocycles. The molecule has 1 aromatic rings. The van der Waals surface area contributed by atoms with Crippen LogP contribution < -0.4 is 0 Å². The Morgan fingerprint density at radius 1 is 1.31 bits per heavy atom. The maximum atomic E-state index is 11.8. The van der Waals surface area contributed by atoms with E-state index < -0.39 is 5.60 Å². The molecule has 1 aromatic carbocycles. The number of rotatable bonds is 2. The van der Waals surface area contributed by atoms with E-state index in [0.29, 0.717) is 5.56 Å². The van der Waals surface area contributed by atoms with Gasteiger partial charge in [-0.25, -0.2) is 4.79 Å². The second-order valence-electron chi connectivity index (χ2n) is 4.70. The van der Waals surface area contributed by atoms with Crippen LogP contribution in [0.5, 0.6) is 0 Å². The molecule has 0 aliphatic rings. The lowest BCUT2D eigenvalue weighted by atomic mass is 10.1. The molecule has 0 bridgehead atoms. The largest absolute Gasteiger partial charge is 0.456 e. The smallest absolute Gasteiger partial charge is 0.338 e. The lowest BCUT2D eigenvalue weighted by Crippen LogP contribution is -2.23. The first-order valence-electron chi connectivity index (χ1n) is 5.34. The summed E-state index contributed by atoms with van der Waals surface area (Å²) in [5.41, 5.74) is 1.27. The molecule has 0 atom stereocenters. The molecule has 0 heterocycles. The van der Waals surface area contributed by atoms with E-state index in [1.165, 1.54) is 0 Å². The molecule has 0 fully saturated rings. The summed E-state index contributed by atoms with van der Waals surface area (Å²) in [6.45, 7) is 7.65. The van der Waals surface area contributed by atoms with Gasteiger partial charge in [0.15, 0.2) is 0 Å². The molecule has 0 spiro atoms. The minimum atomic E-state index is -0.453. The third-order valence-corrected chi connectivity index (χ3v) is 2.46. The van der Waals surface area contributed by atoms with Crippen LogP contribution in [0.3, 0.4) is 0 Å². The van der Waals surface area contributed by atoms with Crippen LogP contribution in [0.2, 0.25) is 0 Å². The fraction of sp³-hybridized carbons (Fsp3) is 0.462. The topological polar surface area (TPSA) is 26.3 Å². The first kappa shape index (κ1) is 13.2. The van der Waals surface area contributed by atoms with Crippen LogP contribution in [-0.2, 0) is 11.2 Å². The number of esters is 1. The van der Waals surface area contributed by atoms with E-state index >= 15 is 0 Å². The van der Waals surface area contributed by atoms with Crippen LogP contribution in [0.15, 0.2) is 22.7 Å². The Hall–Kier alpha value is -0.830. The lowest BCUT2D eigenvalue weighted by molar-refractivity contribution is 0.00693. The summed E-state index contributed by atoms with van der Waals surface area (Å²) in [7, 11) is 0. The van der Waals surface area contributed by atoms with Gasteiger partial charge in [0.25, 0.3) is 0 Å². The summed E-state index contributed by atoms with van der Waals surface area (Å²) in [6.07, 6.45) is 0.898. The molecule has 0 N–H and O–H groups in total. The van der Waals surface area contributed by atoms with E-state index in [9.17, 15) is 4.79 Å². The van der Waals surface area contributed by atoms with E-state index in [2.05, 4.69) is 22.9 Å². The first-order valence-corrected chi connectivity index (χ1v) is 6.14. The summed E-state index contributed by atoms with van der Waals surface area (Å²) < 4.78 is 6.23. The molecule has 88 valence electrons. The predicted molar refractivity (Wildman–Crippen MR) is 68.7 cm³/mol. The van der Waals surface area contributed by atoms with Crippen molar-refractivity contribution in [2.75, 3.05) is 0 Å². The summed E-state index contributed by atoms with van der Waals surface area (Å²) in [6, 6.07) is 5.67. The van der Waals surface area contributed by atoms with Gasteiger partial charge in [0, 0.05) is 4.47 Å². The predicted octanol–water partition coefficient (Wildman–Crippen LogP) is 3.97. The first-order chi connectivity index (χ1) is 7.31. The van der Waals surface area contributed by atoms with E-state index in [0.717, 1.165) is 16.5 Å². The highest BCUT2D eigenvalue weighted by atomic mass is 79.9. The molecule has 1 rings (SSSR count). The fourth-order valence-electron chi connectivity index (χ4n) is 1.31. The zero-order chi connectivity index (χ0) is 12.3. The van der Waals surface area contributed by atoms with Gasteiger partial charge >= 0.3 is 5.97 Å². The SMILES string of the molecule is CCc1cc(Br)cc(C(=O)OC(C)(C)C)c1. The highest BCUT2D eigenvalue weighted by Gasteiger charge is 2.18. The standard InChI is InChI=1S/C13H17BrO2/c1-5-9-6-10(8-11(14)7-9)12(15)16-13(2,3)4/h6-8H,5H2,1-4H3. The van der Waals surface area contributed by atoms with Crippen LogP contribution in [0.25, 0.3) is 0 Å². The Balaban J connectivity index is 2.95. The van der Waals surface area contributed by atoms with Crippen LogP contribution in [0.4, 0.5) is 0 Å². The van der Waals surface area contributed by atoms with Gasteiger partial charge in [-0.3, -0.25) is 0 Å². The molecule has 2 nitrogen and oxygen atoms in total. The minimum absolute atomic E-state index is 0.275. The van der Waals surface area contributed by atoms with Crippen LogP contribution in [-0.4, -0.2) is 11.6 Å². The molecule has 0 saturated heterocycles. The Labute approximate surface area is 105 Å². The van der Waals surface area contributed by atoms with Crippen LogP contribution >= 0.6 is 15.9 Å². The minimum Gasteiger partial charge on any atom is -0.456 e. The molecule has 0 amide bonds. The van der Waals surface area contributed by atoms with Crippen molar-refractivity contribution in [3.63, 3.8) is 0 Å². The van der Waals surface area contributed by atoms with Crippen molar-refractivity contribution in [1.29, 1.82) is 0 Å². The van der Waals surface area contributed by atoms with Gasteiger partial charge in [-0.2, -0.15) is 0 Å². The fourth-order valence-corrected chi connectivity index (χ4v) is 1.85. The normalized spacial score (nSPS) is 11.3. The number of halogens is 1. The number of benzene rings is 1. The van der Waals surface area contributed by atoms with Crippen LogP contribution in [0, 0.1) is 0 Å². The number of hydrogen-bond acceptors (Lipinski definition) is 2. The molecular weight excluding hydrogens is 268 g/mol. The van der Waals surface area contributed by atoms with Gasteiger partial charge in [0.05, 0.1) is 5.56 Å². The molecule has 0 aliphatic carbocycles. The van der Waals surface area contributed by atoms with Gasteiger partial charge in [-0.15, -0.1) is 0 Å². The maximum absolute atomic E-state index is 11.8. The molecule has 0 radical (unpaired) electrons. The number of ether oxygens (including phenoxy) is 1. The average molecular weight is 285 g/mol. The maximum Gasteiger partial charge on any atom is 0.338 e. The van der Waals surface area contributed by atoms with Crippen LogP contribution in [0.1, 0.15) is 43.6 Å². The number of aryl methyl sites for hydroxylation is 1. The van der Waals surface area contributed by atoms with E-state index in [4.69, 9.17) is 4.74 Å². The Bertz CT molecular complexity index is 391. The van der Waals surface area contributed by atoms with Crippen molar-refractivity contribution in [2.45, 2.75) is 39.7 Å². The molecule has 0 unspecified atom stereocenters. The second kappa shape index (κ2) is 5.00. The summed E-state index contributed by atoms with van der Waals surface area (Å²) in [5.74, 6) is -0.275. The van der Waals surface area contributed by atoms with Gasteiger partial charge in [0.1, 0.15) is 5.60 Å². The lowest BCUT2D eigenvalue weighted by Gasteiger charge is -2.19. The molecule has 16 heavy (non-hydrogen) atoms. The van der Waals surface area contributed by atoms with Crippen molar-refractivity contribution in [3.8, 4) is 0 Å². The zero-order valence-corrected chi connectivity index (χ0v) is 11.7. The zero-order valence-electron chi connectivity index (χ0n) is 10.1. The molecular formula is C13H17BrO2. The quantitative estimate of drug-likeness (QED) is 0.769. The Morgan fingerprint density at radius 2 is 1.94 bits per heavy atom. The second-order valence-corrected chi connectivity index (χ2v) is 5.62. The van der Waals surface area contributed by atoms with Crippen molar-refractivity contribution < 1.29 is 9.53 Å².